The summed E-state index contributed by atoms with van der Waals surface area (Å²) >= 11 is 0. The second-order valence-electron chi connectivity index (χ2n) is 7.52. The Labute approximate surface area is 152 Å². The van der Waals surface area contributed by atoms with Gasteiger partial charge in [0.25, 0.3) is 0 Å². The predicted octanol–water partition coefficient (Wildman–Crippen LogP) is 5.90. The maximum Gasteiger partial charge on any atom is 0.183 e. The van der Waals surface area contributed by atoms with E-state index >= 15 is 0 Å². The third-order valence-electron chi connectivity index (χ3n) is 4.33. The average Bonchev–Trinajstić information content (AvgIpc) is 2.98. The molecule has 0 N–H and O–H groups in total. The van der Waals surface area contributed by atoms with Gasteiger partial charge in [-0.25, -0.2) is 4.98 Å². The summed E-state index contributed by atoms with van der Waals surface area (Å²) in [5.41, 5.74) is 4.46. The minimum atomic E-state index is -0.134. The summed E-state index contributed by atoms with van der Waals surface area (Å²) in [5, 5.41) is 10.2. The average molecular weight is 343 g/mol. The van der Waals surface area contributed by atoms with Gasteiger partial charge in [-0.3, -0.25) is 9.38 Å². The SMILES string of the molecule is Cc1ccn2c(N=Nc3cccc4cccnc34)c(C(C)(C)C)nc2c1. The fourth-order valence-electron chi connectivity index (χ4n) is 3.00. The van der Waals surface area contributed by atoms with Crippen molar-refractivity contribution in [2.45, 2.75) is 33.1 Å². The van der Waals surface area contributed by atoms with Crippen molar-refractivity contribution in [2.24, 2.45) is 10.2 Å². The van der Waals surface area contributed by atoms with Crippen LogP contribution in [0.5, 0.6) is 0 Å². The van der Waals surface area contributed by atoms with E-state index in [-0.39, 0.29) is 5.41 Å². The number of benzene rings is 1. The van der Waals surface area contributed by atoms with E-state index in [1.807, 2.05) is 40.9 Å². The van der Waals surface area contributed by atoms with Gasteiger partial charge in [0.05, 0.1) is 11.2 Å². The molecule has 0 radical (unpaired) electrons. The first-order valence-electron chi connectivity index (χ1n) is 8.68. The molecule has 3 aromatic heterocycles. The van der Waals surface area contributed by atoms with Crippen LogP contribution in [0, 0.1) is 6.92 Å². The largest absolute Gasteiger partial charge is 0.283 e. The molecule has 0 saturated heterocycles. The van der Waals surface area contributed by atoms with Crippen LogP contribution in [-0.2, 0) is 5.41 Å². The van der Waals surface area contributed by atoms with Gasteiger partial charge in [-0.05, 0) is 36.8 Å². The lowest BCUT2D eigenvalue weighted by Gasteiger charge is -2.15. The van der Waals surface area contributed by atoms with Crippen LogP contribution >= 0.6 is 0 Å². The Morgan fingerprint density at radius 3 is 2.62 bits per heavy atom. The molecule has 0 aliphatic carbocycles. The van der Waals surface area contributed by atoms with E-state index < -0.39 is 0 Å². The summed E-state index contributed by atoms with van der Waals surface area (Å²) < 4.78 is 2.00. The van der Waals surface area contributed by atoms with Crippen molar-refractivity contribution in [2.75, 3.05) is 0 Å². The molecular formula is C21H21N5. The highest BCUT2D eigenvalue weighted by atomic mass is 15.2. The van der Waals surface area contributed by atoms with E-state index in [0.29, 0.717) is 0 Å². The van der Waals surface area contributed by atoms with Crippen LogP contribution in [0.4, 0.5) is 11.5 Å². The summed E-state index contributed by atoms with van der Waals surface area (Å²) in [6.45, 7) is 8.48. The number of azo groups is 1. The monoisotopic (exact) mass is 343 g/mol. The van der Waals surface area contributed by atoms with E-state index in [1.165, 1.54) is 5.56 Å². The third kappa shape index (κ3) is 2.86. The highest BCUT2D eigenvalue weighted by Crippen LogP contribution is 2.34. The molecule has 0 fully saturated rings. The number of nitrogens with zero attached hydrogens (tertiary/aromatic N) is 5. The molecule has 0 spiro atoms. The molecule has 0 aliphatic rings. The number of hydrogen-bond donors (Lipinski definition) is 0. The van der Waals surface area contributed by atoms with Gasteiger partial charge in [-0.15, -0.1) is 10.2 Å². The number of aryl methyl sites for hydroxylation is 1. The van der Waals surface area contributed by atoms with Crippen molar-refractivity contribution >= 4 is 28.1 Å². The van der Waals surface area contributed by atoms with Crippen LogP contribution in [0.3, 0.4) is 0 Å². The Morgan fingerprint density at radius 1 is 1.00 bits per heavy atom. The van der Waals surface area contributed by atoms with Crippen LogP contribution in [0.25, 0.3) is 16.6 Å². The first-order chi connectivity index (χ1) is 12.4. The Morgan fingerprint density at radius 2 is 1.81 bits per heavy atom. The lowest BCUT2D eigenvalue weighted by Crippen LogP contribution is -2.11. The van der Waals surface area contributed by atoms with Gasteiger partial charge in [0.2, 0.25) is 0 Å². The van der Waals surface area contributed by atoms with E-state index in [9.17, 15) is 0 Å². The Bertz CT molecular complexity index is 1130. The first-order valence-corrected chi connectivity index (χ1v) is 8.68. The molecule has 0 amide bonds. The van der Waals surface area contributed by atoms with Crippen LogP contribution in [0.2, 0.25) is 0 Å². The summed E-state index contributed by atoms with van der Waals surface area (Å²) in [4.78, 5) is 9.26. The molecular weight excluding hydrogens is 322 g/mol. The lowest BCUT2D eigenvalue weighted by atomic mass is 9.92. The highest BCUT2D eigenvalue weighted by Gasteiger charge is 2.24. The van der Waals surface area contributed by atoms with Gasteiger partial charge in [-0.2, -0.15) is 0 Å². The van der Waals surface area contributed by atoms with Crippen LogP contribution in [0.15, 0.2) is 65.1 Å². The zero-order chi connectivity index (χ0) is 18.3. The number of para-hydroxylation sites is 1. The number of pyridine rings is 2. The van der Waals surface area contributed by atoms with Crippen molar-refractivity contribution in [1.82, 2.24) is 14.4 Å². The quantitative estimate of drug-likeness (QED) is 0.425. The molecule has 130 valence electrons. The van der Waals surface area contributed by atoms with Crippen molar-refractivity contribution < 1.29 is 0 Å². The molecule has 0 aliphatic heterocycles. The Kier molecular flexibility index (Phi) is 3.80. The molecule has 4 rings (SSSR count). The molecule has 5 heteroatoms. The van der Waals surface area contributed by atoms with Crippen LogP contribution in [0.1, 0.15) is 32.0 Å². The van der Waals surface area contributed by atoms with E-state index in [0.717, 1.165) is 33.7 Å². The summed E-state index contributed by atoms with van der Waals surface area (Å²) in [5.74, 6) is 0.764. The van der Waals surface area contributed by atoms with Crippen molar-refractivity contribution in [3.8, 4) is 0 Å². The van der Waals surface area contributed by atoms with E-state index in [1.54, 1.807) is 6.20 Å². The smallest absolute Gasteiger partial charge is 0.183 e. The number of aromatic nitrogens is 3. The molecule has 5 nitrogen and oxygen atoms in total. The number of rotatable bonds is 2. The highest BCUT2D eigenvalue weighted by molar-refractivity contribution is 5.88. The maximum absolute atomic E-state index is 4.81. The fraction of sp³-hybridized carbons (Fsp3) is 0.238. The number of imidazole rings is 1. The topological polar surface area (TPSA) is 54.9 Å². The third-order valence-corrected chi connectivity index (χ3v) is 4.33. The number of hydrogen-bond acceptors (Lipinski definition) is 4. The summed E-state index contributed by atoms with van der Waals surface area (Å²) in [6.07, 6.45) is 3.78. The zero-order valence-electron chi connectivity index (χ0n) is 15.4. The standard InChI is InChI=1S/C21H21N5/c1-14-10-12-26-17(13-14)23-19(21(2,3)4)20(26)25-24-16-9-5-7-15-8-6-11-22-18(15)16/h5-13H,1-4H3. The van der Waals surface area contributed by atoms with Gasteiger partial charge in [0.15, 0.2) is 5.82 Å². The van der Waals surface area contributed by atoms with Crippen molar-refractivity contribution in [3.63, 3.8) is 0 Å². The molecule has 1 aromatic carbocycles. The van der Waals surface area contributed by atoms with E-state index in [2.05, 4.69) is 55.0 Å². The molecule has 0 unspecified atom stereocenters. The van der Waals surface area contributed by atoms with Crippen LogP contribution < -0.4 is 0 Å². The minimum Gasteiger partial charge on any atom is -0.283 e. The second kappa shape index (κ2) is 6.02. The molecule has 0 atom stereocenters. The normalized spacial score (nSPS) is 12.5. The summed E-state index contributed by atoms with van der Waals surface area (Å²) in [7, 11) is 0. The lowest BCUT2D eigenvalue weighted by molar-refractivity contribution is 0.574. The van der Waals surface area contributed by atoms with Crippen LogP contribution in [-0.4, -0.2) is 14.4 Å². The van der Waals surface area contributed by atoms with E-state index in [4.69, 9.17) is 4.98 Å². The number of fused-ring (bicyclic) bond motifs is 2. The molecule has 0 bridgehead atoms. The first kappa shape index (κ1) is 16.4. The Balaban J connectivity index is 1.89. The molecule has 3 heterocycles. The Hall–Kier alpha value is -3.08. The van der Waals surface area contributed by atoms with Gasteiger partial charge < -0.3 is 0 Å². The van der Waals surface area contributed by atoms with Crippen molar-refractivity contribution in [3.05, 3.63) is 66.1 Å². The molecule has 4 aromatic rings. The maximum atomic E-state index is 4.81. The van der Waals surface area contributed by atoms with Gasteiger partial charge in [-0.1, -0.05) is 39.0 Å². The summed E-state index contributed by atoms with van der Waals surface area (Å²) in [6, 6.07) is 14.0. The molecule has 0 saturated carbocycles. The van der Waals surface area contributed by atoms with Gasteiger partial charge >= 0.3 is 0 Å². The fourth-order valence-corrected chi connectivity index (χ4v) is 3.00. The van der Waals surface area contributed by atoms with Gasteiger partial charge in [0, 0.05) is 23.2 Å². The molecule has 26 heavy (non-hydrogen) atoms. The zero-order valence-corrected chi connectivity index (χ0v) is 15.4. The predicted molar refractivity (Wildman–Crippen MR) is 105 cm³/mol. The minimum absolute atomic E-state index is 0.134. The van der Waals surface area contributed by atoms with Gasteiger partial charge in [0.1, 0.15) is 11.3 Å². The van der Waals surface area contributed by atoms with Crippen molar-refractivity contribution in [1.29, 1.82) is 0 Å². The second-order valence-corrected chi connectivity index (χ2v) is 7.52.